The van der Waals surface area contributed by atoms with Gasteiger partial charge in [0.2, 0.25) is 17.7 Å². The molecule has 4 amide bonds. The van der Waals surface area contributed by atoms with Crippen LogP contribution in [0.15, 0.2) is 30.4 Å². The van der Waals surface area contributed by atoms with Gasteiger partial charge in [-0.2, -0.15) is 13.2 Å². The third kappa shape index (κ3) is 8.25. The van der Waals surface area contributed by atoms with Crippen LogP contribution in [0.1, 0.15) is 74.6 Å². The minimum absolute atomic E-state index is 0.127. The van der Waals surface area contributed by atoms with Gasteiger partial charge < -0.3 is 35.5 Å². The Kier molecular flexibility index (Phi) is 11.0. The number of fused-ring (bicyclic) bond motifs is 5. The minimum atomic E-state index is -4.85. The van der Waals surface area contributed by atoms with E-state index < -0.39 is 64.7 Å². The van der Waals surface area contributed by atoms with E-state index in [0.29, 0.717) is 37.0 Å². The second kappa shape index (κ2) is 15.6. The number of aryl methyl sites for hydroxylation is 2. The van der Waals surface area contributed by atoms with Crippen molar-refractivity contribution in [1.82, 2.24) is 25.4 Å². The van der Waals surface area contributed by atoms with E-state index in [4.69, 9.17) is 19.9 Å². The van der Waals surface area contributed by atoms with E-state index in [1.54, 1.807) is 18.2 Å². The lowest BCUT2D eigenvalue weighted by molar-refractivity contribution is -0.144. The smallest absolute Gasteiger partial charge is 0.437 e. The molecule has 5 atom stereocenters. The van der Waals surface area contributed by atoms with Crippen LogP contribution in [0, 0.1) is 12.8 Å². The lowest BCUT2D eigenvalue weighted by Crippen LogP contribution is -2.57. The molecule has 5 aliphatic rings. The summed E-state index contributed by atoms with van der Waals surface area (Å²) in [6.45, 7) is 5.35. The summed E-state index contributed by atoms with van der Waals surface area (Å²) in [5.74, 6) is -2.72. The van der Waals surface area contributed by atoms with E-state index in [9.17, 15) is 32.3 Å². The zero-order chi connectivity index (χ0) is 39.0. The Morgan fingerprint density at radius 2 is 1.95 bits per heavy atom. The van der Waals surface area contributed by atoms with Crippen LogP contribution < -0.4 is 21.1 Å². The Morgan fingerprint density at radius 1 is 1.15 bits per heavy atom. The van der Waals surface area contributed by atoms with Crippen molar-refractivity contribution in [3.05, 3.63) is 47.2 Å². The number of allylic oxidation sites excluding steroid dienone is 1. The van der Waals surface area contributed by atoms with Crippen molar-refractivity contribution in [3.63, 3.8) is 0 Å². The number of aromatic nitrogens is 1. The van der Waals surface area contributed by atoms with Gasteiger partial charge in [0.25, 0.3) is 0 Å². The summed E-state index contributed by atoms with van der Waals surface area (Å²) in [7, 11) is 0. The molecule has 3 fully saturated rings. The van der Waals surface area contributed by atoms with Gasteiger partial charge in [-0.3, -0.25) is 19.3 Å². The Hall–Kier alpha value is -4.44. The van der Waals surface area contributed by atoms with Gasteiger partial charge in [-0.25, -0.2) is 9.78 Å². The molecule has 1 aromatic heterocycles. The molecule has 1 aliphatic carbocycles. The summed E-state index contributed by atoms with van der Waals surface area (Å²) in [4.78, 5) is 62.3. The monoisotopic (exact) mass is 770 g/mol. The number of ether oxygens (including phenoxy) is 3. The molecule has 1 aromatic carbocycles. The van der Waals surface area contributed by atoms with Crippen LogP contribution in [0.25, 0.3) is 10.9 Å². The number of amides is 4. The molecule has 1 spiro atoms. The highest BCUT2D eigenvalue weighted by Crippen LogP contribution is 2.49. The van der Waals surface area contributed by atoms with Crippen molar-refractivity contribution in [2.75, 3.05) is 46.0 Å². The average Bonchev–Trinajstić information content (AvgIpc) is 3.73. The first kappa shape index (κ1) is 38.8. The average molecular weight is 771 g/mol. The van der Waals surface area contributed by atoms with Crippen molar-refractivity contribution >= 4 is 34.7 Å². The van der Waals surface area contributed by atoms with E-state index >= 15 is 0 Å². The van der Waals surface area contributed by atoms with Crippen LogP contribution in [-0.2, 0) is 36.5 Å². The fourth-order valence-electron chi connectivity index (χ4n) is 8.54. The Balaban J connectivity index is 1.17. The Labute approximate surface area is 317 Å². The molecular formula is C39H49F3N6O7. The number of rotatable bonds is 6. The first-order chi connectivity index (χ1) is 26.3. The summed E-state index contributed by atoms with van der Waals surface area (Å²) in [5.41, 5.74) is 3.30. The maximum atomic E-state index is 14.6. The fourth-order valence-corrected chi connectivity index (χ4v) is 8.54. The van der Waals surface area contributed by atoms with Gasteiger partial charge in [-0.15, -0.1) is 0 Å². The molecule has 0 radical (unpaired) electrons. The first-order valence-electron chi connectivity index (χ1n) is 19.3. The highest BCUT2D eigenvalue weighted by atomic mass is 19.4. The number of carbonyl (C=O) groups is 4. The van der Waals surface area contributed by atoms with E-state index in [1.165, 1.54) is 4.90 Å². The molecule has 2 aromatic rings. The molecule has 55 heavy (non-hydrogen) atoms. The molecule has 7 rings (SSSR count). The number of alkyl halides is 3. The quantitative estimate of drug-likeness (QED) is 0.292. The maximum Gasteiger partial charge on any atom is 0.437 e. The second-order valence-electron chi connectivity index (χ2n) is 15.6. The van der Waals surface area contributed by atoms with Crippen LogP contribution in [0.5, 0.6) is 5.75 Å². The van der Waals surface area contributed by atoms with Crippen molar-refractivity contribution in [2.45, 2.75) is 101 Å². The number of nitrogens with two attached hydrogens (primary N) is 1. The fraction of sp³-hybridized carbons (Fsp3) is 0.615. The number of hydrogen-bond acceptors (Lipinski definition) is 9. The van der Waals surface area contributed by atoms with E-state index in [0.717, 1.165) is 44.5 Å². The molecule has 0 unspecified atom stereocenters. The molecule has 16 heteroatoms. The number of nitrogens with one attached hydrogen (secondary N) is 2. The van der Waals surface area contributed by atoms with Gasteiger partial charge in [0, 0.05) is 42.9 Å². The van der Waals surface area contributed by atoms with Crippen LogP contribution in [0.4, 0.5) is 18.0 Å². The highest BCUT2D eigenvalue weighted by molar-refractivity contribution is 5.98. The molecule has 1 saturated carbocycles. The number of alkyl carbamates (subject to hydrolysis) is 1. The number of pyridine rings is 1. The van der Waals surface area contributed by atoms with Crippen molar-refractivity contribution in [3.8, 4) is 5.75 Å². The summed E-state index contributed by atoms with van der Waals surface area (Å²) in [6, 6.07) is 2.70. The molecule has 0 bridgehead atoms. The molecule has 5 heterocycles. The largest absolute Gasteiger partial charge is 0.483 e. The molecule has 13 nitrogen and oxygen atoms in total. The third-order valence-electron chi connectivity index (χ3n) is 11.7. The number of benzene rings is 1. The van der Waals surface area contributed by atoms with Crippen LogP contribution in [0.2, 0.25) is 0 Å². The third-order valence-corrected chi connectivity index (χ3v) is 11.7. The standard InChI is InChI=1S/C39H49F3N6O7/c1-24-10-11-28-27(20-24)26-12-13-37(55-31(26)32(44-28)39(40,41)42)22-30-33(49)46-38(35(43)51)21-25(38)8-5-3-2-4-6-9-29(34(50)48(30)23-37)45-36(52)54-17-7-14-47-15-18-53-19-16-47/h5,8,10-11,20,25,29-30H,2-4,6-7,9,12-19,21-23H2,1H3,(H2,43,51)(H,45,52)(H,46,49)/b8-5-/t25-,29+,30+,37-,38-/m1/s1. The van der Waals surface area contributed by atoms with Crippen molar-refractivity contribution in [2.24, 2.45) is 11.7 Å². The normalized spacial score (nSPS) is 29.5. The van der Waals surface area contributed by atoms with Gasteiger partial charge in [-0.1, -0.05) is 36.6 Å². The zero-order valence-electron chi connectivity index (χ0n) is 31.1. The van der Waals surface area contributed by atoms with Gasteiger partial charge in [0.05, 0.1) is 31.9 Å². The van der Waals surface area contributed by atoms with Crippen LogP contribution >= 0.6 is 0 Å². The van der Waals surface area contributed by atoms with Gasteiger partial charge in [-0.05, 0) is 64.0 Å². The Morgan fingerprint density at radius 3 is 2.71 bits per heavy atom. The lowest BCUT2D eigenvalue weighted by Gasteiger charge is -2.37. The zero-order valence-corrected chi connectivity index (χ0v) is 31.1. The van der Waals surface area contributed by atoms with Gasteiger partial charge in [0.1, 0.15) is 23.2 Å². The number of nitrogens with zero attached hydrogens (tertiary/aromatic N) is 3. The topological polar surface area (TPSA) is 165 Å². The van der Waals surface area contributed by atoms with Gasteiger partial charge in [0.15, 0.2) is 11.4 Å². The van der Waals surface area contributed by atoms with Crippen LogP contribution in [0.3, 0.4) is 0 Å². The highest BCUT2D eigenvalue weighted by Gasteiger charge is 2.61. The number of primary amides is 1. The van der Waals surface area contributed by atoms with Crippen molar-refractivity contribution < 1.29 is 46.6 Å². The van der Waals surface area contributed by atoms with E-state index in [1.807, 2.05) is 19.1 Å². The maximum absolute atomic E-state index is 14.6. The first-order valence-corrected chi connectivity index (χ1v) is 19.3. The number of morpholine rings is 1. The molecule has 2 saturated heterocycles. The van der Waals surface area contributed by atoms with Crippen molar-refractivity contribution in [1.29, 1.82) is 0 Å². The van der Waals surface area contributed by atoms with E-state index in [-0.39, 0.29) is 56.7 Å². The lowest BCUT2D eigenvalue weighted by atomic mass is 9.86. The number of halogens is 3. The molecule has 4 N–H and O–H groups in total. The van der Waals surface area contributed by atoms with Crippen LogP contribution in [-0.4, -0.2) is 108 Å². The SMILES string of the molecule is Cc1ccc2nc(C(F)(F)F)c3c(c2c1)CC[C@]1(C[C@H]2C(=O)N[C@]4(C(N)=O)C[C@H]4/C=C\CCCCC[C@H](NC(=O)OCCCN4CCOCC4)C(=O)N2C1)O3. The second-order valence-corrected chi connectivity index (χ2v) is 15.6. The number of carbonyl (C=O) groups excluding carboxylic acids is 4. The summed E-state index contributed by atoms with van der Waals surface area (Å²) in [5, 5.41) is 6.09. The predicted molar refractivity (Wildman–Crippen MR) is 194 cm³/mol. The summed E-state index contributed by atoms with van der Waals surface area (Å²) >= 11 is 0. The number of hydrogen-bond donors (Lipinski definition) is 3. The molecule has 298 valence electrons. The summed E-state index contributed by atoms with van der Waals surface area (Å²) in [6.07, 6.45) is 2.36. The minimum Gasteiger partial charge on any atom is -0.483 e. The summed E-state index contributed by atoms with van der Waals surface area (Å²) < 4.78 is 61.1. The Bertz CT molecular complexity index is 1850. The molecular weight excluding hydrogens is 721 g/mol. The van der Waals surface area contributed by atoms with Gasteiger partial charge >= 0.3 is 12.3 Å². The molecule has 4 aliphatic heterocycles. The van der Waals surface area contributed by atoms with E-state index in [2.05, 4.69) is 20.5 Å². The predicted octanol–water partition coefficient (Wildman–Crippen LogP) is 3.92.